The van der Waals surface area contributed by atoms with E-state index in [9.17, 15) is 12.8 Å². The fraction of sp³-hybridized carbons (Fsp3) is 0.538. The van der Waals surface area contributed by atoms with Gasteiger partial charge in [-0.2, -0.15) is 4.31 Å². The van der Waals surface area contributed by atoms with Crippen molar-refractivity contribution in [2.75, 3.05) is 13.6 Å². The average molecular weight is 286 g/mol. The summed E-state index contributed by atoms with van der Waals surface area (Å²) in [6.45, 7) is 2.63. The van der Waals surface area contributed by atoms with Crippen LogP contribution >= 0.6 is 0 Å². The van der Waals surface area contributed by atoms with Gasteiger partial charge in [0.2, 0.25) is 10.0 Å². The molecule has 1 fully saturated rings. The summed E-state index contributed by atoms with van der Waals surface area (Å²) in [6, 6.07) is 4.02. The van der Waals surface area contributed by atoms with Crippen LogP contribution in [0.3, 0.4) is 0 Å². The fourth-order valence-corrected chi connectivity index (χ4v) is 4.15. The summed E-state index contributed by atoms with van der Waals surface area (Å²) in [7, 11) is -1.88. The van der Waals surface area contributed by atoms with Gasteiger partial charge in [-0.05, 0) is 37.6 Å². The van der Waals surface area contributed by atoms with Gasteiger partial charge in [0.1, 0.15) is 5.82 Å². The molecule has 1 aliphatic rings. The molecule has 1 N–H and O–H groups in total. The van der Waals surface area contributed by atoms with E-state index in [2.05, 4.69) is 5.32 Å². The molecule has 6 heteroatoms. The number of hydrogen-bond donors (Lipinski definition) is 1. The first kappa shape index (κ1) is 14.4. The van der Waals surface area contributed by atoms with E-state index in [-0.39, 0.29) is 10.9 Å². The van der Waals surface area contributed by atoms with E-state index >= 15 is 0 Å². The van der Waals surface area contributed by atoms with Crippen LogP contribution in [-0.2, 0) is 16.6 Å². The minimum absolute atomic E-state index is 0.0793. The molecule has 0 heterocycles. The topological polar surface area (TPSA) is 49.4 Å². The molecule has 1 aromatic carbocycles. The minimum Gasteiger partial charge on any atom is -0.316 e. The third-order valence-corrected chi connectivity index (χ3v) is 5.36. The molecule has 0 unspecified atom stereocenters. The second kappa shape index (κ2) is 5.56. The number of rotatable bonds is 6. The Labute approximate surface area is 113 Å². The average Bonchev–Trinajstić information content (AvgIpc) is 3.16. The maximum atomic E-state index is 13.4. The first-order valence-electron chi connectivity index (χ1n) is 6.45. The quantitative estimate of drug-likeness (QED) is 0.866. The summed E-state index contributed by atoms with van der Waals surface area (Å²) >= 11 is 0. The maximum absolute atomic E-state index is 13.4. The zero-order chi connectivity index (χ0) is 14.0. The van der Waals surface area contributed by atoms with Crippen LogP contribution in [0.5, 0.6) is 0 Å². The maximum Gasteiger partial charge on any atom is 0.243 e. The predicted molar refractivity (Wildman–Crippen MR) is 71.8 cm³/mol. The van der Waals surface area contributed by atoms with Crippen LogP contribution in [0, 0.1) is 5.82 Å². The van der Waals surface area contributed by atoms with Gasteiger partial charge in [-0.15, -0.1) is 0 Å². The third-order valence-electron chi connectivity index (χ3n) is 3.25. The number of halogens is 1. The fourth-order valence-electron chi connectivity index (χ4n) is 2.22. The molecule has 0 aromatic heterocycles. The Morgan fingerprint density at radius 1 is 1.42 bits per heavy atom. The second-order valence-electron chi connectivity index (χ2n) is 4.72. The summed E-state index contributed by atoms with van der Waals surface area (Å²) in [6.07, 6.45) is 1.79. The standard InChI is InChI=1S/C13H19FN2O2S/c1-3-16(12-6-7-12)19(17,18)13-8-11(14)5-4-10(13)9-15-2/h4-5,8,12,15H,3,6-7,9H2,1-2H3. The Kier molecular flexibility index (Phi) is 4.23. The zero-order valence-electron chi connectivity index (χ0n) is 11.2. The van der Waals surface area contributed by atoms with Gasteiger partial charge < -0.3 is 5.32 Å². The van der Waals surface area contributed by atoms with E-state index < -0.39 is 15.8 Å². The lowest BCUT2D eigenvalue weighted by atomic mass is 10.2. The van der Waals surface area contributed by atoms with Gasteiger partial charge in [0.05, 0.1) is 4.90 Å². The molecular weight excluding hydrogens is 267 g/mol. The van der Waals surface area contributed by atoms with E-state index in [1.54, 1.807) is 7.05 Å². The molecule has 0 bridgehead atoms. The van der Waals surface area contributed by atoms with Crippen LogP contribution in [0.15, 0.2) is 23.1 Å². The normalized spacial score (nSPS) is 16.0. The lowest BCUT2D eigenvalue weighted by Gasteiger charge is -2.21. The molecule has 19 heavy (non-hydrogen) atoms. The van der Waals surface area contributed by atoms with E-state index in [1.165, 1.54) is 16.4 Å². The second-order valence-corrected chi connectivity index (χ2v) is 6.58. The van der Waals surface area contributed by atoms with Crippen LogP contribution in [0.2, 0.25) is 0 Å². The van der Waals surface area contributed by atoms with Crippen LogP contribution in [0.1, 0.15) is 25.3 Å². The summed E-state index contributed by atoms with van der Waals surface area (Å²) in [5, 5.41) is 2.91. The number of nitrogens with one attached hydrogen (secondary N) is 1. The van der Waals surface area contributed by atoms with E-state index in [4.69, 9.17) is 0 Å². The van der Waals surface area contributed by atoms with Gasteiger partial charge in [0.25, 0.3) is 0 Å². The van der Waals surface area contributed by atoms with Crippen molar-refractivity contribution in [3.05, 3.63) is 29.6 Å². The smallest absolute Gasteiger partial charge is 0.243 e. The number of benzene rings is 1. The highest BCUT2D eigenvalue weighted by molar-refractivity contribution is 7.89. The highest BCUT2D eigenvalue weighted by atomic mass is 32.2. The molecule has 1 aliphatic carbocycles. The van der Waals surface area contributed by atoms with Crippen molar-refractivity contribution in [3.63, 3.8) is 0 Å². The van der Waals surface area contributed by atoms with Crippen molar-refractivity contribution >= 4 is 10.0 Å². The minimum atomic E-state index is -3.61. The highest BCUT2D eigenvalue weighted by Gasteiger charge is 2.37. The lowest BCUT2D eigenvalue weighted by Crippen LogP contribution is -2.33. The Morgan fingerprint density at radius 2 is 2.11 bits per heavy atom. The predicted octanol–water partition coefficient (Wildman–Crippen LogP) is 1.72. The molecule has 0 aliphatic heterocycles. The van der Waals surface area contributed by atoms with E-state index in [1.807, 2.05) is 6.92 Å². The zero-order valence-corrected chi connectivity index (χ0v) is 12.0. The molecule has 0 amide bonds. The molecule has 2 rings (SSSR count). The Hall–Kier alpha value is -0.980. The van der Waals surface area contributed by atoms with E-state index in [0.29, 0.717) is 18.7 Å². The summed E-state index contributed by atoms with van der Waals surface area (Å²) in [4.78, 5) is 0.0793. The van der Waals surface area contributed by atoms with Crippen LogP contribution in [0.25, 0.3) is 0 Å². The number of nitrogens with zero attached hydrogens (tertiary/aromatic N) is 1. The van der Waals surface area contributed by atoms with Crippen molar-refractivity contribution in [2.24, 2.45) is 0 Å². The largest absolute Gasteiger partial charge is 0.316 e. The molecule has 4 nitrogen and oxygen atoms in total. The van der Waals surface area contributed by atoms with Gasteiger partial charge in [0, 0.05) is 19.1 Å². The number of sulfonamides is 1. The SMILES string of the molecule is CCN(C1CC1)S(=O)(=O)c1cc(F)ccc1CNC. The molecule has 1 saturated carbocycles. The molecule has 0 radical (unpaired) electrons. The van der Waals surface area contributed by atoms with E-state index in [0.717, 1.165) is 18.9 Å². The van der Waals surface area contributed by atoms with Gasteiger partial charge >= 0.3 is 0 Å². The molecule has 1 aromatic rings. The summed E-state index contributed by atoms with van der Waals surface area (Å²) in [5.74, 6) is -0.523. The molecular formula is C13H19FN2O2S. The van der Waals surface area contributed by atoms with Crippen LogP contribution < -0.4 is 5.32 Å². The lowest BCUT2D eigenvalue weighted by molar-refractivity contribution is 0.419. The van der Waals surface area contributed by atoms with Crippen molar-refractivity contribution in [2.45, 2.75) is 37.2 Å². The third kappa shape index (κ3) is 2.96. The van der Waals surface area contributed by atoms with Gasteiger partial charge in [-0.3, -0.25) is 0 Å². The highest BCUT2D eigenvalue weighted by Crippen LogP contribution is 2.32. The monoisotopic (exact) mass is 286 g/mol. The Morgan fingerprint density at radius 3 is 2.63 bits per heavy atom. The number of hydrogen-bond acceptors (Lipinski definition) is 3. The van der Waals surface area contributed by atoms with Gasteiger partial charge in [-0.25, -0.2) is 12.8 Å². The van der Waals surface area contributed by atoms with Gasteiger partial charge in [-0.1, -0.05) is 13.0 Å². The molecule has 0 spiro atoms. The van der Waals surface area contributed by atoms with Crippen molar-refractivity contribution < 1.29 is 12.8 Å². The first-order valence-corrected chi connectivity index (χ1v) is 7.89. The Balaban J connectivity index is 2.46. The first-order chi connectivity index (χ1) is 9.00. The molecule has 0 atom stereocenters. The van der Waals surface area contributed by atoms with Crippen molar-refractivity contribution in [3.8, 4) is 0 Å². The van der Waals surface area contributed by atoms with Crippen LogP contribution in [0.4, 0.5) is 4.39 Å². The Bertz CT molecular complexity index is 556. The molecule has 0 saturated heterocycles. The van der Waals surface area contributed by atoms with Gasteiger partial charge in [0.15, 0.2) is 0 Å². The van der Waals surface area contributed by atoms with Crippen molar-refractivity contribution in [1.29, 1.82) is 0 Å². The van der Waals surface area contributed by atoms with Crippen molar-refractivity contribution in [1.82, 2.24) is 9.62 Å². The summed E-state index contributed by atoms with van der Waals surface area (Å²) in [5.41, 5.74) is 0.600. The molecule has 106 valence electrons. The van der Waals surface area contributed by atoms with Crippen LogP contribution in [-0.4, -0.2) is 32.4 Å². The summed E-state index contributed by atoms with van der Waals surface area (Å²) < 4.78 is 40.1.